The van der Waals surface area contributed by atoms with Crippen LogP contribution in [0.3, 0.4) is 0 Å². The number of benzene rings is 1. The third-order valence-corrected chi connectivity index (χ3v) is 3.90. The van der Waals surface area contributed by atoms with Gasteiger partial charge in [0, 0.05) is 19.4 Å². The molecule has 0 radical (unpaired) electrons. The Hall–Kier alpha value is -2.37. The first-order valence-corrected chi connectivity index (χ1v) is 6.94. The summed E-state index contributed by atoms with van der Waals surface area (Å²) in [7, 11) is 1.64. The zero-order chi connectivity index (χ0) is 14.8. The molecule has 0 aliphatic carbocycles. The molecule has 6 heteroatoms. The summed E-state index contributed by atoms with van der Waals surface area (Å²) in [5.74, 6) is 1.40. The van der Waals surface area contributed by atoms with E-state index in [9.17, 15) is 4.79 Å². The lowest BCUT2D eigenvalue weighted by atomic mass is 9.98. The van der Waals surface area contributed by atoms with E-state index in [1.807, 2.05) is 28.8 Å². The Labute approximate surface area is 122 Å². The number of carboxylic acids is 1. The van der Waals surface area contributed by atoms with Gasteiger partial charge < -0.3 is 14.4 Å². The Kier molecular flexibility index (Phi) is 3.60. The molecule has 0 saturated heterocycles. The van der Waals surface area contributed by atoms with Crippen LogP contribution in [0.5, 0.6) is 5.75 Å². The molecule has 0 fully saturated rings. The van der Waals surface area contributed by atoms with Crippen molar-refractivity contribution in [3.05, 3.63) is 41.5 Å². The molecule has 0 bridgehead atoms. The number of carbonyl (C=O) groups is 1. The highest BCUT2D eigenvalue weighted by atomic mass is 16.5. The van der Waals surface area contributed by atoms with E-state index < -0.39 is 5.97 Å². The number of ether oxygens (including phenoxy) is 1. The predicted octanol–water partition coefficient (Wildman–Crippen LogP) is 1.52. The van der Waals surface area contributed by atoms with Crippen molar-refractivity contribution in [2.45, 2.75) is 25.8 Å². The van der Waals surface area contributed by atoms with Gasteiger partial charge in [0.2, 0.25) is 0 Å². The molecule has 1 aromatic carbocycles. The summed E-state index contributed by atoms with van der Waals surface area (Å²) in [6.45, 7) is 0.671. The first kappa shape index (κ1) is 13.6. The second-order valence-corrected chi connectivity index (χ2v) is 5.24. The minimum absolute atomic E-state index is 0.337. The summed E-state index contributed by atoms with van der Waals surface area (Å²) in [5.41, 5.74) is 1.13. The summed E-state index contributed by atoms with van der Waals surface area (Å²) >= 11 is 0. The molecular formula is C15H17N3O3. The van der Waals surface area contributed by atoms with Crippen molar-refractivity contribution in [2.24, 2.45) is 5.92 Å². The molecule has 110 valence electrons. The van der Waals surface area contributed by atoms with Crippen LogP contribution in [0.25, 0.3) is 0 Å². The first-order valence-electron chi connectivity index (χ1n) is 6.94. The van der Waals surface area contributed by atoms with E-state index >= 15 is 0 Å². The van der Waals surface area contributed by atoms with Gasteiger partial charge in [-0.1, -0.05) is 12.1 Å². The van der Waals surface area contributed by atoms with Crippen molar-refractivity contribution >= 4 is 5.97 Å². The second-order valence-electron chi connectivity index (χ2n) is 5.24. The smallest absolute Gasteiger partial charge is 0.307 e. The van der Waals surface area contributed by atoms with E-state index in [2.05, 4.69) is 10.2 Å². The average molecular weight is 287 g/mol. The summed E-state index contributed by atoms with van der Waals surface area (Å²) in [4.78, 5) is 11.1. The van der Waals surface area contributed by atoms with Gasteiger partial charge in [-0.15, -0.1) is 10.2 Å². The van der Waals surface area contributed by atoms with Gasteiger partial charge in [-0.3, -0.25) is 4.79 Å². The molecule has 21 heavy (non-hydrogen) atoms. The molecule has 1 aliphatic heterocycles. The molecule has 1 N–H and O–H groups in total. The van der Waals surface area contributed by atoms with Crippen LogP contribution < -0.4 is 4.74 Å². The lowest BCUT2D eigenvalue weighted by Gasteiger charge is -2.20. The lowest BCUT2D eigenvalue weighted by Crippen LogP contribution is -2.26. The quantitative estimate of drug-likeness (QED) is 0.922. The van der Waals surface area contributed by atoms with Gasteiger partial charge in [0.05, 0.1) is 13.0 Å². The first-order chi connectivity index (χ1) is 10.2. The van der Waals surface area contributed by atoms with Crippen molar-refractivity contribution < 1.29 is 14.6 Å². The number of fused-ring (bicyclic) bond motifs is 1. The molecule has 1 aromatic heterocycles. The minimum atomic E-state index is -0.749. The fraction of sp³-hybridized carbons (Fsp3) is 0.400. The summed E-state index contributed by atoms with van der Waals surface area (Å²) in [6, 6.07) is 7.85. The van der Waals surface area contributed by atoms with Crippen LogP contribution in [0.1, 0.15) is 23.6 Å². The summed E-state index contributed by atoms with van der Waals surface area (Å²) in [5, 5.41) is 17.4. The van der Waals surface area contributed by atoms with Gasteiger partial charge in [0.25, 0.3) is 0 Å². The fourth-order valence-electron chi connectivity index (χ4n) is 2.66. The zero-order valence-corrected chi connectivity index (χ0v) is 11.8. The zero-order valence-electron chi connectivity index (χ0n) is 11.8. The van der Waals surface area contributed by atoms with E-state index in [1.165, 1.54) is 0 Å². The highest BCUT2D eigenvalue weighted by Crippen LogP contribution is 2.22. The number of aliphatic carboxylic acids is 1. The lowest BCUT2D eigenvalue weighted by molar-refractivity contribution is -0.142. The average Bonchev–Trinajstić information content (AvgIpc) is 2.90. The van der Waals surface area contributed by atoms with Crippen LogP contribution in [-0.4, -0.2) is 33.0 Å². The summed E-state index contributed by atoms with van der Waals surface area (Å²) in [6.07, 6.45) is 1.79. The topological polar surface area (TPSA) is 77.2 Å². The second kappa shape index (κ2) is 5.55. The minimum Gasteiger partial charge on any atom is -0.497 e. The molecule has 0 spiro atoms. The fourth-order valence-corrected chi connectivity index (χ4v) is 2.66. The highest BCUT2D eigenvalue weighted by molar-refractivity contribution is 5.70. The molecule has 1 aliphatic rings. The van der Waals surface area contributed by atoms with Crippen molar-refractivity contribution in [2.75, 3.05) is 7.11 Å². The highest BCUT2D eigenvalue weighted by Gasteiger charge is 2.27. The molecule has 1 atom stereocenters. The van der Waals surface area contributed by atoms with Gasteiger partial charge >= 0.3 is 5.97 Å². The number of carboxylic acid groups (broad SMARTS) is 1. The maximum absolute atomic E-state index is 11.1. The van der Waals surface area contributed by atoms with Gasteiger partial charge in [-0.2, -0.15) is 0 Å². The Balaban J connectivity index is 1.77. The third kappa shape index (κ3) is 2.74. The van der Waals surface area contributed by atoms with E-state index in [4.69, 9.17) is 9.84 Å². The Morgan fingerprint density at radius 2 is 2.14 bits per heavy atom. The predicted molar refractivity (Wildman–Crippen MR) is 75.3 cm³/mol. The molecule has 1 unspecified atom stereocenters. The van der Waals surface area contributed by atoms with Crippen LogP contribution in [0.4, 0.5) is 0 Å². The molecule has 0 saturated carbocycles. The number of hydrogen-bond acceptors (Lipinski definition) is 4. The number of rotatable bonds is 4. The van der Waals surface area contributed by atoms with Crippen LogP contribution in [0.15, 0.2) is 24.3 Å². The van der Waals surface area contributed by atoms with Crippen LogP contribution in [0.2, 0.25) is 0 Å². The Morgan fingerprint density at radius 3 is 2.81 bits per heavy atom. The molecule has 2 aromatic rings. The van der Waals surface area contributed by atoms with Crippen molar-refractivity contribution in [3.63, 3.8) is 0 Å². The Morgan fingerprint density at radius 1 is 1.38 bits per heavy atom. The SMILES string of the molecule is COc1ccc(Cc2nnc3n2CCC(C(=O)O)C3)cc1. The normalized spacial score (nSPS) is 17.3. The van der Waals surface area contributed by atoms with Gasteiger partial charge in [-0.05, 0) is 24.1 Å². The Bertz CT molecular complexity index is 649. The van der Waals surface area contributed by atoms with Gasteiger partial charge in [0.15, 0.2) is 0 Å². The van der Waals surface area contributed by atoms with Crippen molar-refractivity contribution in [1.82, 2.24) is 14.8 Å². The van der Waals surface area contributed by atoms with Crippen LogP contribution in [-0.2, 0) is 24.2 Å². The van der Waals surface area contributed by atoms with Crippen LogP contribution in [0, 0.1) is 5.92 Å². The van der Waals surface area contributed by atoms with E-state index in [1.54, 1.807) is 7.11 Å². The number of aromatic nitrogens is 3. The molecule has 3 rings (SSSR count). The van der Waals surface area contributed by atoms with Crippen molar-refractivity contribution in [3.8, 4) is 5.75 Å². The number of methoxy groups -OCH3 is 1. The van der Waals surface area contributed by atoms with Gasteiger partial charge in [-0.25, -0.2) is 0 Å². The maximum atomic E-state index is 11.1. The molecule has 2 heterocycles. The monoisotopic (exact) mass is 287 g/mol. The standard InChI is InChI=1S/C15H17N3O3/c1-21-12-4-2-10(3-5-12)8-13-16-17-14-9-11(15(19)20)6-7-18(13)14/h2-5,11H,6-9H2,1H3,(H,19,20). The van der Waals surface area contributed by atoms with E-state index in [0.717, 1.165) is 23.0 Å². The van der Waals surface area contributed by atoms with E-state index in [0.29, 0.717) is 25.8 Å². The number of hydrogen-bond donors (Lipinski definition) is 1. The molecular weight excluding hydrogens is 270 g/mol. The maximum Gasteiger partial charge on any atom is 0.307 e. The third-order valence-electron chi connectivity index (χ3n) is 3.90. The van der Waals surface area contributed by atoms with Gasteiger partial charge in [0.1, 0.15) is 17.4 Å². The number of nitrogens with zero attached hydrogens (tertiary/aromatic N) is 3. The molecule has 0 amide bonds. The van der Waals surface area contributed by atoms with E-state index in [-0.39, 0.29) is 5.92 Å². The largest absolute Gasteiger partial charge is 0.497 e. The van der Waals surface area contributed by atoms with Crippen molar-refractivity contribution in [1.29, 1.82) is 0 Å². The summed E-state index contributed by atoms with van der Waals surface area (Å²) < 4.78 is 7.19. The van der Waals surface area contributed by atoms with Crippen LogP contribution >= 0.6 is 0 Å². The molecule has 6 nitrogen and oxygen atoms in total.